The highest BCUT2D eigenvalue weighted by molar-refractivity contribution is 5.99. The Morgan fingerprint density at radius 2 is 1.66 bits per heavy atom. The van der Waals surface area contributed by atoms with Gasteiger partial charge in [-0.1, -0.05) is 65.8 Å². The molecule has 0 spiro atoms. The standard InChI is InChI=1S/C23H18N2O4/c26-22(28-15-20-13-21(29-25-20)17-7-2-1-3-8-17)14-24-23(27)19-11-10-16-6-4-5-9-18(16)12-19/h1-13H,14-15H2,(H,24,27). The van der Waals surface area contributed by atoms with Crippen molar-refractivity contribution in [3.8, 4) is 11.3 Å². The van der Waals surface area contributed by atoms with E-state index in [0.717, 1.165) is 16.3 Å². The van der Waals surface area contributed by atoms with Gasteiger partial charge < -0.3 is 14.6 Å². The van der Waals surface area contributed by atoms with Crippen molar-refractivity contribution in [1.82, 2.24) is 10.5 Å². The second kappa shape index (κ2) is 8.39. The van der Waals surface area contributed by atoms with Crippen LogP contribution < -0.4 is 5.32 Å². The third kappa shape index (κ3) is 4.50. The normalized spacial score (nSPS) is 10.6. The van der Waals surface area contributed by atoms with Crippen molar-refractivity contribution in [2.75, 3.05) is 6.54 Å². The van der Waals surface area contributed by atoms with E-state index >= 15 is 0 Å². The largest absolute Gasteiger partial charge is 0.458 e. The molecule has 1 amide bonds. The summed E-state index contributed by atoms with van der Waals surface area (Å²) in [5, 5.41) is 8.48. The van der Waals surface area contributed by atoms with Gasteiger partial charge in [-0.3, -0.25) is 9.59 Å². The molecule has 0 radical (unpaired) electrons. The van der Waals surface area contributed by atoms with Crippen LogP contribution in [0.25, 0.3) is 22.1 Å². The number of hydrogen-bond acceptors (Lipinski definition) is 5. The number of amides is 1. The predicted molar refractivity (Wildman–Crippen MR) is 108 cm³/mol. The lowest BCUT2D eigenvalue weighted by Crippen LogP contribution is -2.30. The Morgan fingerprint density at radius 1 is 0.897 bits per heavy atom. The van der Waals surface area contributed by atoms with Gasteiger partial charge in [0.1, 0.15) is 18.8 Å². The number of benzene rings is 3. The molecule has 1 heterocycles. The molecular formula is C23H18N2O4. The van der Waals surface area contributed by atoms with Gasteiger partial charge in [0, 0.05) is 17.2 Å². The van der Waals surface area contributed by atoms with Crippen LogP contribution in [0.3, 0.4) is 0 Å². The van der Waals surface area contributed by atoms with Gasteiger partial charge in [0.25, 0.3) is 5.91 Å². The zero-order valence-corrected chi connectivity index (χ0v) is 15.5. The molecule has 29 heavy (non-hydrogen) atoms. The second-order valence-electron chi connectivity index (χ2n) is 6.45. The molecule has 1 N–H and O–H groups in total. The third-order valence-corrected chi connectivity index (χ3v) is 4.40. The Bertz CT molecular complexity index is 1150. The minimum absolute atomic E-state index is 0.0268. The highest BCUT2D eigenvalue weighted by Crippen LogP contribution is 2.20. The van der Waals surface area contributed by atoms with E-state index in [1.54, 1.807) is 18.2 Å². The third-order valence-electron chi connectivity index (χ3n) is 4.40. The van der Waals surface area contributed by atoms with Crippen LogP contribution >= 0.6 is 0 Å². The molecule has 0 saturated carbocycles. The summed E-state index contributed by atoms with van der Waals surface area (Å²) < 4.78 is 10.4. The Morgan fingerprint density at radius 3 is 2.48 bits per heavy atom. The van der Waals surface area contributed by atoms with Gasteiger partial charge in [-0.2, -0.15) is 0 Å². The Balaban J connectivity index is 1.28. The summed E-state index contributed by atoms with van der Waals surface area (Å²) in [4.78, 5) is 24.2. The highest BCUT2D eigenvalue weighted by Gasteiger charge is 2.12. The molecule has 0 aliphatic rings. The van der Waals surface area contributed by atoms with Crippen molar-refractivity contribution in [3.63, 3.8) is 0 Å². The van der Waals surface area contributed by atoms with Gasteiger partial charge in [0.05, 0.1) is 0 Å². The molecule has 0 unspecified atom stereocenters. The number of nitrogens with zero attached hydrogens (tertiary/aromatic N) is 1. The maximum Gasteiger partial charge on any atom is 0.325 e. The first kappa shape index (κ1) is 18.4. The molecule has 0 fully saturated rings. The molecule has 0 bridgehead atoms. The average molecular weight is 386 g/mol. The fourth-order valence-corrected chi connectivity index (χ4v) is 2.91. The fraction of sp³-hybridized carbons (Fsp3) is 0.0870. The van der Waals surface area contributed by atoms with Crippen LogP contribution in [-0.4, -0.2) is 23.6 Å². The Kier molecular flexibility index (Phi) is 5.33. The number of carbonyl (C=O) groups is 2. The lowest BCUT2D eigenvalue weighted by atomic mass is 10.1. The zero-order chi connectivity index (χ0) is 20.1. The molecule has 0 aliphatic heterocycles. The molecule has 1 aromatic heterocycles. The van der Waals surface area contributed by atoms with Gasteiger partial charge in [0.2, 0.25) is 0 Å². The maximum atomic E-state index is 12.3. The van der Waals surface area contributed by atoms with E-state index in [-0.39, 0.29) is 19.1 Å². The maximum absolute atomic E-state index is 12.3. The van der Waals surface area contributed by atoms with Crippen molar-refractivity contribution >= 4 is 22.6 Å². The van der Waals surface area contributed by atoms with E-state index in [1.165, 1.54) is 0 Å². The number of ether oxygens (including phenoxy) is 1. The number of hydrogen-bond donors (Lipinski definition) is 1. The number of nitrogens with one attached hydrogen (secondary N) is 1. The van der Waals surface area contributed by atoms with Crippen LogP contribution in [0.1, 0.15) is 16.1 Å². The van der Waals surface area contributed by atoms with Crippen LogP contribution in [0.15, 0.2) is 83.4 Å². The van der Waals surface area contributed by atoms with Crippen LogP contribution in [0.4, 0.5) is 0 Å². The van der Waals surface area contributed by atoms with E-state index < -0.39 is 5.97 Å². The average Bonchev–Trinajstić information content (AvgIpc) is 3.25. The van der Waals surface area contributed by atoms with Crippen LogP contribution in [0, 0.1) is 0 Å². The summed E-state index contributed by atoms with van der Waals surface area (Å²) in [5.41, 5.74) is 1.87. The Hall–Kier alpha value is -3.93. The second-order valence-corrected chi connectivity index (χ2v) is 6.45. The van der Waals surface area contributed by atoms with Crippen molar-refractivity contribution < 1.29 is 18.8 Å². The van der Waals surface area contributed by atoms with Crippen LogP contribution in [0.2, 0.25) is 0 Å². The first-order valence-corrected chi connectivity index (χ1v) is 9.13. The number of esters is 1. The summed E-state index contributed by atoms with van der Waals surface area (Å²) in [6.07, 6.45) is 0. The summed E-state index contributed by atoms with van der Waals surface area (Å²) in [6, 6.07) is 24.4. The molecule has 6 nitrogen and oxygen atoms in total. The fourth-order valence-electron chi connectivity index (χ4n) is 2.91. The number of carbonyl (C=O) groups excluding carboxylic acids is 2. The van der Waals surface area contributed by atoms with E-state index in [9.17, 15) is 9.59 Å². The summed E-state index contributed by atoms with van der Waals surface area (Å²) in [5.74, 6) is -0.287. The molecule has 0 atom stereocenters. The molecule has 3 aromatic carbocycles. The SMILES string of the molecule is O=C(CNC(=O)c1ccc2ccccc2c1)OCc1cc(-c2ccccc2)on1. The predicted octanol–water partition coefficient (Wildman–Crippen LogP) is 3.97. The van der Waals surface area contributed by atoms with Crippen molar-refractivity contribution in [3.05, 3.63) is 90.1 Å². The van der Waals surface area contributed by atoms with Gasteiger partial charge >= 0.3 is 5.97 Å². The molecule has 4 rings (SSSR count). The van der Waals surface area contributed by atoms with E-state index in [0.29, 0.717) is 17.0 Å². The zero-order valence-electron chi connectivity index (χ0n) is 15.5. The van der Waals surface area contributed by atoms with Crippen LogP contribution in [-0.2, 0) is 16.1 Å². The van der Waals surface area contributed by atoms with Gasteiger partial charge in [-0.25, -0.2) is 0 Å². The lowest BCUT2D eigenvalue weighted by Gasteiger charge is -2.06. The molecule has 4 aromatic rings. The van der Waals surface area contributed by atoms with Crippen molar-refractivity contribution in [1.29, 1.82) is 0 Å². The minimum atomic E-state index is -0.552. The highest BCUT2D eigenvalue weighted by atomic mass is 16.5. The smallest absolute Gasteiger partial charge is 0.325 e. The van der Waals surface area contributed by atoms with E-state index in [1.807, 2.05) is 60.7 Å². The molecule has 6 heteroatoms. The van der Waals surface area contributed by atoms with Crippen molar-refractivity contribution in [2.45, 2.75) is 6.61 Å². The monoisotopic (exact) mass is 386 g/mol. The first-order valence-electron chi connectivity index (χ1n) is 9.13. The van der Waals surface area contributed by atoms with E-state index in [4.69, 9.17) is 9.26 Å². The number of fused-ring (bicyclic) bond motifs is 1. The molecular weight excluding hydrogens is 368 g/mol. The first-order chi connectivity index (χ1) is 14.2. The molecule has 0 saturated heterocycles. The van der Waals surface area contributed by atoms with Gasteiger partial charge in [-0.15, -0.1) is 0 Å². The summed E-state index contributed by atoms with van der Waals surface area (Å²) >= 11 is 0. The summed E-state index contributed by atoms with van der Waals surface area (Å²) in [6.45, 7) is -0.254. The molecule has 0 aliphatic carbocycles. The van der Waals surface area contributed by atoms with Gasteiger partial charge in [-0.05, 0) is 22.9 Å². The topological polar surface area (TPSA) is 81.4 Å². The summed E-state index contributed by atoms with van der Waals surface area (Å²) in [7, 11) is 0. The Labute approximate surface area is 167 Å². The van der Waals surface area contributed by atoms with Crippen LogP contribution in [0.5, 0.6) is 0 Å². The van der Waals surface area contributed by atoms with E-state index in [2.05, 4.69) is 10.5 Å². The molecule has 144 valence electrons. The minimum Gasteiger partial charge on any atom is -0.458 e. The van der Waals surface area contributed by atoms with Crippen molar-refractivity contribution in [2.24, 2.45) is 0 Å². The number of rotatable bonds is 6. The van der Waals surface area contributed by atoms with Gasteiger partial charge in [0.15, 0.2) is 5.76 Å². The lowest BCUT2D eigenvalue weighted by molar-refractivity contribution is -0.143. The number of aromatic nitrogens is 1. The quantitative estimate of drug-likeness (QED) is 0.507.